The Labute approximate surface area is 152 Å². The fourth-order valence-electron chi connectivity index (χ4n) is 3.25. The van der Waals surface area contributed by atoms with Crippen molar-refractivity contribution in [2.75, 3.05) is 25.5 Å². The van der Waals surface area contributed by atoms with Crippen molar-refractivity contribution in [3.63, 3.8) is 0 Å². The molecule has 2 aromatic carbocycles. The Hall–Kier alpha value is -2.14. The third kappa shape index (κ3) is 3.61. The molecule has 1 atom stereocenters. The number of aryl methyl sites for hydroxylation is 1. The van der Waals surface area contributed by atoms with E-state index in [1.54, 1.807) is 0 Å². The van der Waals surface area contributed by atoms with Gasteiger partial charge < -0.3 is 14.4 Å². The average Bonchev–Trinajstić information content (AvgIpc) is 3.16. The van der Waals surface area contributed by atoms with E-state index in [4.69, 9.17) is 9.47 Å². The zero-order chi connectivity index (χ0) is 17.1. The highest BCUT2D eigenvalue weighted by atomic mass is 32.2. The molecule has 25 heavy (non-hydrogen) atoms. The Morgan fingerprint density at radius 3 is 2.72 bits per heavy atom. The second kappa shape index (κ2) is 7.40. The van der Waals surface area contributed by atoms with Gasteiger partial charge in [-0.3, -0.25) is 4.79 Å². The van der Waals surface area contributed by atoms with Crippen LogP contribution in [0.25, 0.3) is 0 Å². The van der Waals surface area contributed by atoms with Crippen LogP contribution >= 0.6 is 11.8 Å². The van der Waals surface area contributed by atoms with E-state index in [0.29, 0.717) is 19.6 Å². The van der Waals surface area contributed by atoms with Crippen molar-refractivity contribution in [1.82, 2.24) is 4.90 Å². The lowest BCUT2D eigenvalue weighted by molar-refractivity contribution is -0.131. The minimum absolute atomic E-state index is 0.0686. The maximum Gasteiger partial charge on any atom is 0.224 e. The number of carbonyl (C=O) groups excluding carboxylic acids is 1. The van der Waals surface area contributed by atoms with Gasteiger partial charge in [0.2, 0.25) is 5.91 Å². The molecule has 2 aliphatic rings. The summed E-state index contributed by atoms with van der Waals surface area (Å²) in [5.74, 6) is 2.76. The number of rotatable bonds is 4. The van der Waals surface area contributed by atoms with Crippen LogP contribution in [0.1, 0.15) is 22.9 Å². The molecule has 5 heteroatoms. The second-order valence-corrected chi connectivity index (χ2v) is 7.39. The first-order valence-corrected chi connectivity index (χ1v) is 9.71. The smallest absolute Gasteiger partial charge is 0.224 e. The zero-order valence-electron chi connectivity index (χ0n) is 14.0. The Morgan fingerprint density at radius 1 is 1.08 bits per heavy atom. The highest BCUT2D eigenvalue weighted by Crippen LogP contribution is 2.41. The van der Waals surface area contributed by atoms with Crippen molar-refractivity contribution < 1.29 is 14.3 Å². The van der Waals surface area contributed by atoms with E-state index in [0.717, 1.165) is 35.8 Å². The Kier molecular flexibility index (Phi) is 4.83. The molecule has 1 amide bonds. The number of amides is 1. The first-order chi connectivity index (χ1) is 12.3. The van der Waals surface area contributed by atoms with E-state index in [9.17, 15) is 4.79 Å². The highest BCUT2D eigenvalue weighted by Gasteiger charge is 2.31. The van der Waals surface area contributed by atoms with E-state index in [1.807, 2.05) is 53.1 Å². The normalized spacial score (nSPS) is 19.0. The highest BCUT2D eigenvalue weighted by molar-refractivity contribution is 7.99. The van der Waals surface area contributed by atoms with Crippen molar-refractivity contribution in [1.29, 1.82) is 0 Å². The van der Waals surface area contributed by atoms with Crippen LogP contribution in [-0.2, 0) is 11.2 Å². The molecular weight excluding hydrogens is 334 g/mol. The molecule has 0 N–H and O–H groups in total. The third-order valence-electron chi connectivity index (χ3n) is 4.53. The summed E-state index contributed by atoms with van der Waals surface area (Å²) in [6.07, 6.45) is 1.33. The Balaban J connectivity index is 1.45. The fraction of sp³-hybridized carbons (Fsp3) is 0.350. The summed E-state index contributed by atoms with van der Waals surface area (Å²) in [4.78, 5) is 14.7. The van der Waals surface area contributed by atoms with E-state index in [-0.39, 0.29) is 11.3 Å². The number of hydrogen-bond acceptors (Lipinski definition) is 4. The molecule has 0 aliphatic carbocycles. The molecular formula is C20H21NO3S. The minimum Gasteiger partial charge on any atom is -0.486 e. The second-order valence-electron chi connectivity index (χ2n) is 6.20. The van der Waals surface area contributed by atoms with Crippen LogP contribution in [0.15, 0.2) is 48.5 Å². The summed E-state index contributed by atoms with van der Waals surface area (Å²) in [5.41, 5.74) is 2.32. The van der Waals surface area contributed by atoms with Crippen LogP contribution in [0.4, 0.5) is 0 Å². The standard InChI is InChI=1S/C20H21NO3S/c22-19(9-6-15-4-2-1-3-5-15)21-10-13-25-20(21)16-7-8-17-18(14-16)24-12-11-23-17/h1-5,7-8,14,20H,6,9-13H2. The monoisotopic (exact) mass is 355 g/mol. The first kappa shape index (κ1) is 16.3. The number of carbonyl (C=O) groups is 1. The molecule has 2 heterocycles. The summed E-state index contributed by atoms with van der Waals surface area (Å²) in [5, 5.41) is 0.0686. The summed E-state index contributed by atoms with van der Waals surface area (Å²) >= 11 is 1.81. The molecule has 0 radical (unpaired) electrons. The molecule has 2 aliphatic heterocycles. The van der Waals surface area contributed by atoms with Crippen molar-refractivity contribution in [3.05, 3.63) is 59.7 Å². The van der Waals surface area contributed by atoms with Crippen molar-refractivity contribution >= 4 is 17.7 Å². The predicted molar refractivity (Wildman–Crippen MR) is 99.1 cm³/mol. The van der Waals surface area contributed by atoms with E-state index in [2.05, 4.69) is 12.1 Å². The molecule has 2 aromatic rings. The minimum atomic E-state index is 0.0686. The molecule has 1 fully saturated rings. The molecule has 0 spiro atoms. The molecule has 0 saturated carbocycles. The van der Waals surface area contributed by atoms with Gasteiger partial charge in [-0.25, -0.2) is 0 Å². The Bertz CT molecular complexity index is 750. The van der Waals surface area contributed by atoms with Gasteiger partial charge in [-0.15, -0.1) is 11.8 Å². The molecule has 0 bridgehead atoms. The maximum atomic E-state index is 12.7. The van der Waals surface area contributed by atoms with Gasteiger partial charge >= 0.3 is 0 Å². The third-order valence-corrected chi connectivity index (χ3v) is 5.79. The largest absolute Gasteiger partial charge is 0.486 e. The molecule has 1 saturated heterocycles. The van der Waals surface area contributed by atoms with Gasteiger partial charge in [-0.2, -0.15) is 0 Å². The fourth-order valence-corrected chi connectivity index (χ4v) is 4.52. The van der Waals surface area contributed by atoms with Gasteiger partial charge in [0, 0.05) is 18.7 Å². The zero-order valence-corrected chi connectivity index (χ0v) is 14.8. The molecule has 4 nitrogen and oxygen atoms in total. The number of nitrogens with zero attached hydrogens (tertiary/aromatic N) is 1. The molecule has 130 valence electrons. The lowest BCUT2D eigenvalue weighted by Crippen LogP contribution is -2.30. The average molecular weight is 355 g/mol. The van der Waals surface area contributed by atoms with Crippen molar-refractivity contribution in [2.45, 2.75) is 18.2 Å². The number of benzene rings is 2. The van der Waals surface area contributed by atoms with Gasteiger partial charge in [-0.05, 0) is 29.7 Å². The van der Waals surface area contributed by atoms with Crippen LogP contribution in [0, 0.1) is 0 Å². The van der Waals surface area contributed by atoms with E-state index < -0.39 is 0 Å². The first-order valence-electron chi connectivity index (χ1n) is 8.66. The predicted octanol–water partition coefficient (Wildman–Crippen LogP) is 3.66. The van der Waals surface area contributed by atoms with Gasteiger partial charge in [-0.1, -0.05) is 36.4 Å². The van der Waals surface area contributed by atoms with Crippen LogP contribution in [-0.4, -0.2) is 36.3 Å². The van der Waals surface area contributed by atoms with E-state index in [1.165, 1.54) is 5.56 Å². The molecule has 1 unspecified atom stereocenters. The summed E-state index contributed by atoms with van der Waals surface area (Å²) < 4.78 is 11.3. The quantitative estimate of drug-likeness (QED) is 0.839. The topological polar surface area (TPSA) is 38.8 Å². The molecule has 4 rings (SSSR count). The Morgan fingerprint density at radius 2 is 1.88 bits per heavy atom. The number of hydrogen-bond donors (Lipinski definition) is 0. The number of thioether (sulfide) groups is 1. The van der Waals surface area contributed by atoms with Crippen molar-refractivity contribution in [3.8, 4) is 11.5 Å². The SMILES string of the molecule is O=C(CCc1ccccc1)N1CCSC1c1ccc2c(c1)OCCO2. The number of fused-ring (bicyclic) bond motifs is 1. The summed E-state index contributed by atoms with van der Waals surface area (Å²) in [7, 11) is 0. The van der Waals surface area contributed by atoms with Gasteiger partial charge in [0.15, 0.2) is 11.5 Å². The van der Waals surface area contributed by atoms with Crippen LogP contribution in [0.5, 0.6) is 11.5 Å². The van der Waals surface area contributed by atoms with E-state index >= 15 is 0 Å². The lowest BCUT2D eigenvalue weighted by Gasteiger charge is -2.26. The van der Waals surface area contributed by atoms with Gasteiger partial charge in [0.1, 0.15) is 18.6 Å². The summed E-state index contributed by atoms with van der Waals surface area (Å²) in [6.45, 7) is 1.97. The summed E-state index contributed by atoms with van der Waals surface area (Å²) in [6, 6.07) is 16.2. The molecule has 0 aromatic heterocycles. The van der Waals surface area contributed by atoms with Crippen molar-refractivity contribution in [2.24, 2.45) is 0 Å². The maximum absolute atomic E-state index is 12.7. The van der Waals surface area contributed by atoms with Gasteiger partial charge in [0.05, 0.1) is 0 Å². The number of ether oxygens (including phenoxy) is 2. The lowest BCUT2D eigenvalue weighted by atomic mass is 10.1. The van der Waals surface area contributed by atoms with Crippen LogP contribution in [0.2, 0.25) is 0 Å². The van der Waals surface area contributed by atoms with Gasteiger partial charge in [0.25, 0.3) is 0 Å². The van der Waals surface area contributed by atoms with Crippen LogP contribution in [0.3, 0.4) is 0 Å². The van der Waals surface area contributed by atoms with Crippen LogP contribution < -0.4 is 9.47 Å².